The highest BCUT2D eigenvalue weighted by atomic mass is 16.2. The highest BCUT2D eigenvalue weighted by molar-refractivity contribution is 5.81. The zero-order chi connectivity index (χ0) is 9.30. The number of carbonyl (C=O) groups is 1. The summed E-state index contributed by atoms with van der Waals surface area (Å²) in [5.74, 6) is 1.71. The molecule has 0 saturated heterocycles. The van der Waals surface area contributed by atoms with Gasteiger partial charge in [-0.3, -0.25) is 4.79 Å². The zero-order valence-corrected chi connectivity index (χ0v) is 8.42. The van der Waals surface area contributed by atoms with E-state index in [2.05, 4.69) is 33.0 Å². The van der Waals surface area contributed by atoms with Crippen molar-refractivity contribution in [3.8, 4) is 0 Å². The molecular formula is C10H19NO. The maximum Gasteiger partial charge on any atom is 0.223 e. The predicted molar refractivity (Wildman–Crippen MR) is 49.7 cm³/mol. The van der Waals surface area contributed by atoms with E-state index >= 15 is 0 Å². The van der Waals surface area contributed by atoms with Crippen LogP contribution in [-0.4, -0.2) is 11.9 Å². The lowest BCUT2D eigenvalue weighted by Gasteiger charge is -2.17. The molecule has 0 bridgehead atoms. The average molecular weight is 169 g/mol. The Labute approximate surface area is 74.7 Å². The van der Waals surface area contributed by atoms with E-state index in [0.717, 1.165) is 6.42 Å². The second-order valence-electron chi connectivity index (χ2n) is 4.36. The van der Waals surface area contributed by atoms with Gasteiger partial charge >= 0.3 is 0 Å². The maximum atomic E-state index is 11.4. The van der Waals surface area contributed by atoms with Crippen molar-refractivity contribution in [2.75, 3.05) is 0 Å². The molecule has 1 amide bonds. The largest absolute Gasteiger partial charge is 0.353 e. The molecule has 2 nitrogen and oxygen atoms in total. The van der Waals surface area contributed by atoms with Crippen molar-refractivity contribution in [2.45, 2.75) is 40.2 Å². The predicted octanol–water partition coefficient (Wildman–Crippen LogP) is 1.80. The van der Waals surface area contributed by atoms with E-state index in [-0.39, 0.29) is 5.91 Å². The van der Waals surface area contributed by atoms with Crippen molar-refractivity contribution >= 4 is 5.91 Å². The lowest BCUT2D eigenvalue weighted by atomic mass is 10.1. The summed E-state index contributed by atoms with van der Waals surface area (Å²) >= 11 is 0. The molecule has 1 aliphatic rings. The fourth-order valence-corrected chi connectivity index (χ4v) is 1.19. The van der Waals surface area contributed by atoms with Crippen molar-refractivity contribution in [3.63, 3.8) is 0 Å². The molecule has 1 aliphatic carbocycles. The van der Waals surface area contributed by atoms with E-state index in [0.29, 0.717) is 23.8 Å². The topological polar surface area (TPSA) is 29.1 Å². The van der Waals surface area contributed by atoms with Crippen LogP contribution in [0.5, 0.6) is 0 Å². The minimum Gasteiger partial charge on any atom is -0.353 e. The third kappa shape index (κ3) is 2.23. The van der Waals surface area contributed by atoms with Crippen LogP contribution in [0.4, 0.5) is 0 Å². The first kappa shape index (κ1) is 9.56. The van der Waals surface area contributed by atoms with Gasteiger partial charge in [-0.25, -0.2) is 0 Å². The standard InChI is InChI=1S/C10H19NO/c1-6(2)8(4)11-10(12)9-5-7(9)3/h6-9H,5H2,1-4H3,(H,11,12)/t7-,8?,9-/m0/s1. The highest BCUT2D eigenvalue weighted by Crippen LogP contribution is 2.37. The molecule has 0 heterocycles. The highest BCUT2D eigenvalue weighted by Gasteiger charge is 2.39. The molecule has 1 saturated carbocycles. The van der Waals surface area contributed by atoms with Gasteiger partial charge in [-0.15, -0.1) is 0 Å². The molecule has 0 aromatic heterocycles. The Morgan fingerprint density at radius 3 is 2.25 bits per heavy atom. The summed E-state index contributed by atoms with van der Waals surface area (Å²) in [4.78, 5) is 11.4. The Morgan fingerprint density at radius 1 is 1.42 bits per heavy atom. The number of rotatable bonds is 3. The first-order valence-electron chi connectivity index (χ1n) is 4.82. The van der Waals surface area contributed by atoms with Gasteiger partial charge in [-0.05, 0) is 25.2 Å². The fraction of sp³-hybridized carbons (Fsp3) is 0.900. The Bertz CT molecular complexity index is 177. The first-order chi connectivity index (χ1) is 5.52. The van der Waals surface area contributed by atoms with E-state index in [1.54, 1.807) is 0 Å². The molecule has 70 valence electrons. The molecule has 0 aromatic rings. The van der Waals surface area contributed by atoms with Crippen molar-refractivity contribution in [3.05, 3.63) is 0 Å². The number of nitrogens with one attached hydrogen (secondary N) is 1. The van der Waals surface area contributed by atoms with Crippen molar-refractivity contribution in [1.29, 1.82) is 0 Å². The molecule has 1 rings (SSSR count). The van der Waals surface area contributed by atoms with Crippen LogP contribution in [0.1, 0.15) is 34.1 Å². The Hall–Kier alpha value is -0.530. The summed E-state index contributed by atoms with van der Waals surface area (Å²) in [5.41, 5.74) is 0. The Balaban J connectivity index is 2.27. The van der Waals surface area contributed by atoms with Crippen molar-refractivity contribution in [2.24, 2.45) is 17.8 Å². The van der Waals surface area contributed by atoms with Crippen LogP contribution in [0.3, 0.4) is 0 Å². The summed E-state index contributed by atoms with van der Waals surface area (Å²) in [6, 6.07) is 0.310. The van der Waals surface area contributed by atoms with Crippen LogP contribution in [0.15, 0.2) is 0 Å². The summed E-state index contributed by atoms with van der Waals surface area (Å²) in [6.07, 6.45) is 1.08. The smallest absolute Gasteiger partial charge is 0.223 e. The minimum absolute atomic E-state index is 0.253. The minimum atomic E-state index is 0.253. The third-order valence-corrected chi connectivity index (χ3v) is 2.82. The Kier molecular flexibility index (Phi) is 2.76. The van der Waals surface area contributed by atoms with Crippen LogP contribution in [-0.2, 0) is 4.79 Å². The van der Waals surface area contributed by atoms with Crippen LogP contribution < -0.4 is 5.32 Å². The second kappa shape index (κ2) is 3.46. The van der Waals surface area contributed by atoms with Crippen LogP contribution in [0.25, 0.3) is 0 Å². The van der Waals surface area contributed by atoms with Gasteiger partial charge in [0, 0.05) is 12.0 Å². The van der Waals surface area contributed by atoms with Gasteiger partial charge in [-0.2, -0.15) is 0 Å². The molecular weight excluding hydrogens is 150 g/mol. The number of hydrogen-bond donors (Lipinski definition) is 1. The van der Waals surface area contributed by atoms with Gasteiger partial charge < -0.3 is 5.32 Å². The Morgan fingerprint density at radius 2 is 1.92 bits per heavy atom. The quantitative estimate of drug-likeness (QED) is 0.686. The molecule has 1 unspecified atom stereocenters. The van der Waals surface area contributed by atoms with Gasteiger partial charge in [0.05, 0.1) is 0 Å². The molecule has 12 heavy (non-hydrogen) atoms. The molecule has 1 fully saturated rings. The first-order valence-corrected chi connectivity index (χ1v) is 4.82. The summed E-state index contributed by atoms with van der Waals surface area (Å²) in [5, 5.41) is 3.03. The third-order valence-electron chi connectivity index (χ3n) is 2.82. The van der Waals surface area contributed by atoms with Crippen LogP contribution in [0, 0.1) is 17.8 Å². The number of hydrogen-bond acceptors (Lipinski definition) is 1. The van der Waals surface area contributed by atoms with Gasteiger partial charge in [0.2, 0.25) is 5.91 Å². The molecule has 0 spiro atoms. The average Bonchev–Trinajstić information content (AvgIpc) is 2.66. The summed E-state index contributed by atoms with van der Waals surface area (Å²) in [6.45, 7) is 8.45. The van der Waals surface area contributed by atoms with Crippen molar-refractivity contribution in [1.82, 2.24) is 5.32 Å². The second-order valence-corrected chi connectivity index (χ2v) is 4.36. The molecule has 0 radical (unpaired) electrons. The molecule has 0 aliphatic heterocycles. The lowest BCUT2D eigenvalue weighted by molar-refractivity contribution is -0.123. The van der Waals surface area contributed by atoms with E-state index in [1.807, 2.05) is 0 Å². The number of amides is 1. The normalized spacial score (nSPS) is 30.1. The molecule has 3 atom stereocenters. The van der Waals surface area contributed by atoms with Gasteiger partial charge in [0.15, 0.2) is 0 Å². The maximum absolute atomic E-state index is 11.4. The van der Waals surface area contributed by atoms with Crippen LogP contribution in [0.2, 0.25) is 0 Å². The SMILES string of the molecule is CC(C)C(C)NC(=O)[C@H]1C[C@@H]1C. The number of carbonyl (C=O) groups excluding carboxylic acids is 1. The molecule has 2 heteroatoms. The van der Waals surface area contributed by atoms with Crippen molar-refractivity contribution < 1.29 is 4.79 Å². The lowest BCUT2D eigenvalue weighted by Crippen LogP contribution is -2.37. The van der Waals surface area contributed by atoms with E-state index < -0.39 is 0 Å². The molecule has 0 aromatic carbocycles. The fourth-order valence-electron chi connectivity index (χ4n) is 1.19. The van der Waals surface area contributed by atoms with Crippen LogP contribution >= 0.6 is 0 Å². The van der Waals surface area contributed by atoms with Gasteiger partial charge in [0.25, 0.3) is 0 Å². The van der Waals surface area contributed by atoms with Gasteiger partial charge in [0.1, 0.15) is 0 Å². The van der Waals surface area contributed by atoms with Gasteiger partial charge in [-0.1, -0.05) is 20.8 Å². The van der Waals surface area contributed by atoms with E-state index in [4.69, 9.17) is 0 Å². The van der Waals surface area contributed by atoms with E-state index in [1.165, 1.54) is 0 Å². The zero-order valence-electron chi connectivity index (χ0n) is 8.42. The summed E-state index contributed by atoms with van der Waals surface area (Å²) in [7, 11) is 0. The summed E-state index contributed by atoms with van der Waals surface area (Å²) < 4.78 is 0. The molecule has 1 N–H and O–H groups in total. The monoisotopic (exact) mass is 169 g/mol. The van der Waals surface area contributed by atoms with E-state index in [9.17, 15) is 4.79 Å².